The van der Waals surface area contributed by atoms with Crippen LogP contribution in [-0.4, -0.2) is 52.7 Å². The van der Waals surface area contributed by atoms with Gasteiger partial charge in [-0.15, -0.1) is 5.10 Å². The number of nitrogens with zero attached hydrogens (tertiary/aromatic N) is 4. The predicted molar refractivity (Wildman–Crippen MR) is 108 cm³/mol. The van der Waals surface area contributed by atoms with E-state index >= 15 is 0 Å². The van der Waals surface area contributed by atoms with Gasteiger partial charge in [0.15, 0.2) is 17.3 Å². The summed E-state index contributed by atoms with van der Waals surface area (Å²) in [4.78, 5) is 17.6. The number of rotatable bonds is 7. The number of hydrogen-bond donors (Lipinski definition) is 1. The Hall–Kier alpha value is -4.08. The van der Waals surface area contributed by atoms with Crippen molar-refractivity contribution in [2.75, 3.05) is 21.3 Å². The third-order valence-corrected chi connectivity index (χ3v) is 4.85. The van der Waals surface area contributed by atoms with Crippen LogP contribution in [0.1, 0.15) is 27.4 Å². The zero-order chi connectivity index (χ0) is 22.0. The van der Waals surface area contributed by atoms with Crippen LogP contribution in [0, 0.1) is 5.82 Å². The Labute approximate surface area is 176 Å². The van der Waals surface area contributed by atoms with E-state index in [0.29, 0.717) is 40.3 Å². The Morgan fingerprint density at radius 3 is 2.42 bits per heavy atom. The van der Waals surface area contributed by atoms with E-state index in [1.807, 2.05) is 0 Å². The zero-order valence-corrected chi connectivity index (χ0v) is 17.0. The molecule has 0 spiro atoms. The summed E-state index contributed by atoms with van der Waals surface area (Å²) < 4.78 is 30.4. The number of ketones is 1. The number of tetrazole rings is 1. The highest BCUT2D eigenvalue weighted by Gasteiger charge is 2.22. The van der Waals surface area contributed by atoms with E-state index in [4.69, 9.17) is 14.2 Å². The summed E-state index contributed by atoms with van der Waals surface area (Å²) in [5.74, 6) is 0.526. The van der Waals surface area contributed by atoms with Crippen LogP contribution < -0.4 is 14.2 Å². The van der Waals surface area contributed by atoms with Crippen LogP contribution in [0.25, 0.3) is 10.8 Å². The minimum Gasteiger partial charge on any atom is -0.497 e. The molecule has 0 bridgehead atoms. The average Bonchev–Trinajstić information content (AvgIpc) is 3.31. The molecule has 2 aromatic carbocycles. The molecule has 4 rings (SSSR count). The van der Waals surface area contributed by atoms with Crippen LogP contribution in [0.15, 0.2) is 36.5 Å². The van der Waals surface area contributed by atoms with Crippen molar-refractivity contribution in [1.82, 2.24) is 25.6 Å². The van der Waals surface area contributed by atoms with Gasteiger partial charge in [0, 0.05) is 18.0 Å². The van der Waals surface area contributed by atoms with Gasteiger partial charge in [0.25, 0.3) is 0 Å². The molecule has 2 heterocycles. The molecular formula is C21H18FN5O4. The number of aromatic nitrogens is 5. The van der Waals surface area contributed by atoms with E-state index in [1.165, 1.54) is 39.5 Å². The highest BCUT2D eigenvalue weighted by molar-refractivity contribution is 6.16. The summed E-state index contributed by atoms with van der Waals surface area (Å²) >= 11 is 0. The maximum absolute atomic E-state index is 14.5. The highest BCUT2D eigenvalue weighted by atomic mass is 19.1. The lowest BCUT2D eigenvalue weighted by molar-refractivity contribution is 0.103. The van der Waals surface area contributed by atoms with E-state index < -0.39 is 11.6 Å². The molecule has 0 atom stereocenters. The maximum Gasteiger partial charge on any atom is 0.215 e. The third kappa shape index (κ3) is 3.75. The number of methoxy groups -OCH3 is 3. The molecule has 0 saturated heterocycles. The number of ether oxygens (including phenoxy) is 3. The summed E-state index contributed by atoms with van der Waals surface area (Å²) in [6.07, 6.45) is 1.88. The quantitative estimate of drug-likeness (QED) is 0.452. The van der Waals surface area contributed by atoms with E-state index in [-0.39, 0.29) is 11.3 Å². The fourth-order valence-electron chi connectivity index (χ4n) is 3.31. The number of carbonyl (C=O) groups is 1. The van der Waals surface area contributed by atoms with Gasteiger partial charge < -0.3 is 14.2 Å². The Morgan fingerprint density at radius 1 is 1.03 bits per heavy atom. The molecule has 0 radical (unpaired) electrons. The van der Waals surface area contributed by atoms with Crippen molar-refractivity contribution < 1.29 is 23.4 Å². The second-order valence-electron chi connectivity index (χ2n) is 6.58. The van der Waals surface area contributed by atoms with Crippen molar-refractivity contribution in [1.29, 1.82) is 0 Å². The fraction of sp³-hybridized carbons (Fsp3) is 0.190. The lowest BCUT2D eigenvalue weighted by atomic mass is 9.97. The number of carbonyl (C=O) groups excluding carboxylic acids is 1. The van der Waals surface area contributed by atoms with Crippen molar-refractivity contribution in [3.63, 3.8) is 0 Å². The summed E-state index contributed by atoms with van der Waals surface area (Å²) in [7, 11) is 4.45. The normalized spacial score (nSPS) is 10.8. The number of pyridine rings is 1. The molecule has 2 aromatic heterocycles. The Bertz CT molecular complexity index is 1260. The molecular weight excluding hydrogens is 405 g/mol. The molecule has 31 heavy (non-hydrogen) atoms. The molecule has 10 heteroatoms. The van der Waals surface area contributed by atoms with Crippen molar-refractivity contribution in [2.45, 2.75) is 6.42 Å². The molecule has 9 nitrogen and oxygen atoms in total. The molecule has 4 aromatic rings. The van der Waals surface area contributed by atoms with Crippen LogP contribution in [0.3, 0.4) is 0 Å². The van der Waals surface area contributed by atoms with Gasteiger partial charge >= 0.3 is 0 Å². The molecule has 0 unspecified atom stereocenters. The molecule has 0 saturated carbocycles. The minimum absolute atomic E-state index is 0.0718. The standard InChI is InChI=1S/C21H18FN5O4/c1-29-12-4-5-16(22)15(7-12)21(28)20-14-9-18(31-3)17(30-2)8-13(14)11(10-23-20)6-19-24-26-27-25-19/h4-5,7-10H,6H2,1-3H3,(H,24,25,26,27). The van der Waals surface area contributed by atoms with Crippen LogP contribution in [-0.2, 0) is 6.42 Å². The summed E-state index contributed by atoms with van der Waals surface area (Å²) in [5, 5.41) is 14.9. The summed E-state index contributed by atoms with van der Waals surface area (Å²) in [5.41, 5.74) is 0.676. The number of aromatic amines is 1. The first-order chi connectivity index (χ1) is 15.0. The molecule has 1 N–H and O–H groups in total. The molecule has 0 aliphatic heterocycles. The van der Waals surface area contributed by atoms with Gasteiger partial charge in [-0.1, -0.05) is 0 Å². The molecule has 0 fully saturated rings. The number of hydrogen-bond acceptors (Lipinski definition) is 8. The monoisotopic (exact) mass is 423 g/mol. The first-order valence-electron chi connectivity index (χ1n) is 9.20. The van der Waals surface area contributed by atoms with Gasteiger partial charge in [-0.2, -0.15) is 0 Å². The molecule has 0 aliphatic rings. The first-order valence-corrected chi connectivity index (χ1v) is 9.20. The number of benzene rings is 2. The number of fused-ring (bicyclic) bond motifs is 1. The second kappa shape index (κ2) is 8.34. The van der Waals surface area contributed by atoms with Gasteiger partial charge in [0.1, 0.15) is 17.3 Å². The SMILES string of the molecule is COc1ccc(F)c(C(=O)c2ncc(Cc3nnn[nH]3)c3cc(OC)c(OC)cc23)c1. The Morgan fingerprint density at radius 2 is 1.77 bits per heavy atom. The van der Waals surface area contributed by atoms with E-state index in [1.54, 1.807) is 18.3 Å². The minimum atomic E-state index is -0.668. The van der Waals surface area contributed by atoms with Gasteiger partial charge in [-0.05, 0) is 51.7 Å². The van der Waals surface area contributed by atoms with Gasteiger partial charge in [0.2, 0.25) is 5.78 Å². The lowest BCUT2D eigenvalue weighted by Gasteiger charge is -2.14. The summed E-state index contributed by atoms with van der Waals surface area (Å²) in [6, 6.07) is 7.37. The second-order valence-corrected chi connectivity index (χ2v) is 6.58. The van der Waals surface area contributed by atoms with Crippen molar-refractivity contribution in [3.8, 4) is 17.2 Å². The van der Waals surface area contributed by atoms with Gasteiger partial charge in [-0.25, -0.2) is 9.49 Å². The van der Waals surface area contributed by atoms with Crippen LogP contribution in [0.2, 0.25) is 0 Å². The predicted octanol–water partition coefficient (Wildman–Crippen LogP) is 2.73. The van der Waals surface area contributed by atoms with Gasteiger partial charge in [-0.3, -0.25) is 9.78 Å². The van der Waals surface area contributed by atoms with Crippen molar-refractivity contribution in [2.24, 2.45) is 0 Å². The number of nitrogens with one attached hydrogen (secondary N) is 1. The average molecular weight is 423 g/mol. The van der Waals surface area contributed by atoms with Crippen LogP contribution in [0.4, 0.5) is 4.39 Å². The topological polar surface area (TPSA) is 112 Å². The van der Waals surface area contributed by atoms with E-state index in [2.05, 4.69) is 25.6 Å². The third-order valence-electron chi connectivity index (χ3n) is 4.85. The lowest BCUT2D eigenvalue weighted by Crippen LogP contribution is -2.09. The van der Waals surface area contributed by atoms with Crippen molar-refractivity contribution >= 4 is 16.6 Å². The first kappa shape index (κ1) is 20.2. The molecule has 158 valence electrons. The smallest absolute Gasteiger partial charge is 0.215 e. The number of halogens is 1. The highest BCUT2D eigenvalue weighted by Crippen LogP contribution is 2.36. The maximum atomic E-state index is 14.5. The Kier molecular flexibility index (Phi) is 5.44. The zero-order valence-electron chi connectivity index (χ0n) is 17.0. The van der Waals surface area contributed by atoms with Gasteiger partial charge in [0.05, 0.1) is 26.9 Å². The van der Waals surface area contributed by atoms with Crippen LogP contribution >= 0.6 is 0 Å². The number of H-pyrrole nitrogens is 1. The van der Waals surface area contributed by atoms with E-state index in [0.717, 1.165) is 5.56 Å². The fourth-order valence-corrected chi connectivity index (χ4v) is 3.31. The molecule has 0 amide bonds. The summed E-state index contributed by atoms with van der Waals surface area (Å²) in [6.45, 7) is 0. The van der Waals surface area contributed by atoms with E-state index in [9.17, 15) is 9.18 Å². The van der Waals surface area contributed by atoms with Crippen molar-refractivity contribution in [3.05, 3.63) is 65.0 Å². The molecule has 0 aliphatic carbocycles. The van der Waals surface area contributed by atoms with Crippen LogP contribution in [0.5, 0.6) is 17.2 Å². The Balaban J connectivity index is 1.92. The largest absolute Gasteiger partial charge is 0.497 e.